The van der Waals surface area contributed by atoms with Crippen LogP contribution in [0.3, 0.4) is 0 Å². The Hall–Kier alpha value is -3.05. The fourth-order valence-electron chi connectivity index (χ4n) is 4.30. The second-order valence-electron chi connectivity index (χ2n) is 8.37. The zero-order valence-corrected chi connectivity index (χ0v) is 19.0. The first-order valence-corrected chi connectivity index (χ1v) is 11.3. The first-order chi connectivity index (χ1) is 15.6. The molecule has 1 atom stereocenters. The van der Waals surface area contributed by atoms with E-state index in [1.54, 1.807) is 7.11 Å². The number of hydrogen-bond acceptors (Lipinski definition) is 4. The van der Waals surface area contributed by atoms with Gasteiger partial charge < -0.3 is 19.5 Å². The van der Waals surface area contributed by atoms with E-state index in [2.05, 4.69) is 19.2 Å². The number of methoxy groups -OCH3 is 1. The number of amides is 1. The van der Waals surface area contributed by atoms with E-state index < -0.39 is 5.41 Å². The van der Waals surface area contributed by atoms with Gasteiger partial charge in [-0.15, -0.1) is 0 Å². The molecule has 1 aliphatic rings. The maximum absolute atomic E-state index is 13.8. The van der Waals surface area contributed by atoms with Crippen molar-refractivity contribution in [2.75, 3.05) is 25.6 Å². The molecule has 3 aromatic rings. The molecule has 5 nitrogen and oxygen atoms in total. The van der Waals surface area contributed by atoms with E-state index in [9.17, 15) is 4.79 Å². The van der Waals surface area contributed by atoms with Crippen molar-refractivity contribution in [1.29, 1.82) is 0 Å². The lowest BCUT2D eigenvalue weighted by molar-refractivity contribution is -0.125. The highest BCUT2D eigenvalue weighted by atomic mass is 16.5. The minimum atomic E-state index is -0.641. The third kappa shape index (κ3) is 4.30. The predicted molar refractivity (Wildman–Crippen MR) is 128 cm³/mol. The quantitative estimate of drug-likeness (QED) is 0.518. The SMILES string of the molecule is CCC(C)Oc1ccc(NC(=O)C2(c3ccc(OC)cc3)CCOCC2)c2ccccc12. The van der Waals surface area contributed by atoms with Gasteiger partial charge in [0, 0.05) is 29.7 Å². The minimum absolute atomic E-state index is 0.00767. The highest BCUT2D eigenvalue weighted by Crippen LogP contribution is 2.39. The van der Waals surface area contributed by atoms with Crippen LogP contribution in [0.15, 0.2) is 60.7 Å². The summed E-state index contributed by atoms with van der Waals surface area (Å²) in [7, 11) is 1.64. The molecule has 32 heavy (non-hydrogen) atoms. The lowest BCUT2D eigenvalue weighted by atomic mass is 9.73. The van der Waals surface area contributed by atoms with Crippen LogP contribution in [-0.2, 0) is 14.9 Å². The maximum atomic E-state index is 13.8. The van der Waals surface area contributed by atoms with Crippen molar-refractivity contribution in [3.05, 3.63) is 66.2 Å². The number of benzene rings is 3. The largest absolute Gasteiger partial charge is 0.497 e. The second kappa shape index (κ2) is 9.61. The van der Waals surface area contributed by atoms with Gasteiger partial charge in [-0.1, -0.05) is 43.3 Å². The number of ether oxygens (including phenoxy) is 3. The van der Waals surface area contributed by atoms with Crippen molar-refractivity contribution in [1.82, 2.24) is 0 Å². The van der Waals surface area contributed by atoms with Gasteiger partial charge in [0.05, 0.1) is 18.6 Å². The van der Waals surface area contributed by atoms with E-state index >= 15 is 0 Å². The molecular formula is C27H31NO4. The van der Waals surface area contributed by atoms with E-state index in [1.165, 1.54) is 0 Å². The number of carbonyl (C=O) groups excluding carboxylic acids is 1. The first-order valence-electron chi connectivity index (χ1n) is 11.3. The summed E-state index contributed by atoms with van der Waals surface area (Å²) in [6.45, 7) is 5.28. The Labute approximate surface area is 189 Å². The van der Waals surface area contributed by atoms with Crippen molar-refractivity contribution in [3.63, 3.8) is 0 Å². The average molecular weight is 434 g/mol. The Balaban J connectivity index is 1.68. The molecule has 1 unspecified atom stereocenters. The molecule has 0 bridgehead atoms. The van der Waals surface area contributed by atoms with Crippen LogP contribution in [0.25, 0.3) is 10.8 Å². The number of hydrogen-bond donors (Lipinski definition) is 1. The van der Waals surface area contributed by atoms with Gasteiger partial charge in [-0.25, -0.2) is 0 Å². The molecule has 1 fully saturated rings. The molecule has 1 aliphatic heterocycles. The number of nitrogens with one attached hydrogen (secondary N) is 1. The Morgan fingerprint density at radius 1 is 1.03 bits per heavy atom. The lowest BCUT2D eigenvalue weighted by Gasteiger charge is -2.36. The van der Waals surface area contributed by atoms with E-state index in [0.29, 0.717) is 26.1 Å². The van der Waals surface area contributed by atoms with Crippen LogP contribution in [0.5, 0.6) is 11.5 Å². The molecule has 1 heterocycles. The topological polar surface area (TPSA) is 56.8 Å². The van der Waals surface area contributed by atoms with Crippen molar-refractivity contribution in [2.45, 2.75) is 44.6 Å². The summed E-state index contributed by atoms with van der Waals surface area (Å²) >= 11 is 0. The molecular weight excluding hydrogens is 402 g/mol. The van der Waals surface area contributed by atoms with Crippen LogP contribution in [0, 0.1) is 0 Å². The molecule has 1 N–H and O–H groups in total. The molecule has 4 rings (SSSR count). The predicted octanol–water partition coefficient (Wildman–Crippen LogP) is 5.71. The van der Waals surface area contributed by atoms with Crippen molar-refractivity contribution < 1.29 is 19.0 Å². The summed E-state index contributed by atoms with van der Waals surface area (Å²) in [6, 6.07) is 19.7. The van der Waals surface area contributed by atoms with E-state index in [4.69, 9.17) is 14.2 Å². The molecule has 3 aromatic carbocycles. The summed E-state index contributed by atoms with van der Waals surface area (Å²) in [5.41, 5.74) is 1.14. The van der Waals surface area contributed by atoms with Crippen LogP contribution in [0.4, 0.5) is 5.69 Å². The van der Waals surface area contributed by atoms with Gasteiger partial charge >= 0.3 is 0 Å². The van der Waals surface area contributed by atoms with E-state index in [0.717, 1.165) is 39.9 Å². The Bertz CT molecular complexity index is 1070. The third-order valence-electron chi connectivity index (χ3n) is 6.46. The van der Waals surface area contributed by atoms with Gasteiger partial charge in [-0.2, -0.15) is 0 Å². The van der Waals surface area contributed by atoms with Gasteiger partial charge in [-0.3, -0.25) is 4.79 Å². The monoisotopic (exact) mass is 433 g/mol. The van der Waals surface area contributed by atoms with Crippen LogP contribution in [-0.4, -0.2) is 32.3 Å². The smallest absolute Gasteiger partial charge is 0.235 e. The minimum Gasteiger partial charge on any atom is -0.497 e. The fourth-order valence-corrected chi connectivity index (χ4v) is 4.30. The van der Waals surface area contributed by atoms with Gasteiger partial charge in [0.1, 0.15) is 11.5 Å². The highest BCUT2D eigenvalue weighted by molar-refractivity contribution is 6.07. The van der Waals surface area contributed by atoms with Gasteiger partial charge in [0.25, 0.3) is 0 Å². The summed E-state index contributed by atoms with van der Waals surface area (Å²) in [5.74, 6) is 1.61. The molecule has 0 radical (unpaired) electrons. The van der Waals surface area contributed by atoms with Gasteiger partial charge in [0.2, 0.25) is 5.91 Å². The second-order valence-corrected chi connectivity index (χ2v) is 8.37. The number of carbonyl (C=O) groups is 1. The van der Waals surface area contributed by atoms with Crippen molar-refractivity contribution in [3.8, 4) is 11.5 Å². The number of anilines is 1. The van der Waals surface area contributed by atoms with Crippen LogP contribution in [0.1, 0.15) is 38.7 Å². The zero-order chi connectivity index (χ0) is 22.6. The molecule has 1 amide bonds. The Kier molecular flexibility index (Phi) is 6.66. The molecule has 0 aromatic heterocycles. The normalized spacial score (nSPS) is 16.3. The lowest BCUT2D eigenvalue weighted by Crippen LogP contribution is -2.44. The fraction of sp³-hybridized carbons (Fsp3) is 0.370. The molecule has 5 heteroatoms. The van der Waals surface area contributed by atoms with E-state index in [-0.39, 0.29) is 12.0 Å². The summed E-state index contributed by atoms with van der Waals surface area (Å²) in [4.78, 5) is 13.8. The third-order valence-corrected chi connectivity index (χ3v) is 6.46. The highest BCUT2D eigenvalue weighted by Gasteiger charge is 2.42. The Morgan fingerprint density at radius 3 is 2.38 bits per heavy atom. The van der Waals surface area contributed by atoms with Crippen molar-refractivity contribution >= 4 is 22.4 Å². The molecule has 0 spiro atoms. The van der Waals surface area contributed by atoms with Crippen molar-refractivity contribution in [2.24, 2.45) is 0 Å². The van der Waals surface area contributed by atoms with Crippen LogP contribution < -0.4 is 14.8 Å². The first kappa shape index (κ1) is 22.2. The maximum Gasteiger partial charge on any atom is 0.235 e. The average Bonchev–Trinajstić information content (AvgIpc) is 2.85. The number of rotatable bonds is 7. The van der Waals surface area contributed by atoms with E-state index in [1.807, 2.05) is 60.7 Å². The molecule has 0 aliphatic carbocycles. The summed E-state index contributed by atoms with van der Waals surface area (Å²) in [6.07, 6.45) is 2.33. The van der Waals surface area contributed by atoms with Gasteiger partial charge in [-0.05, 0) is 56.0 Å². The van der Waals surface area contributed by atoms with Gasteiger partial charge in [0.15, 0.2) is 0 Å². The molecule has 168 valence electrons. The molecule has 0 saturated carbocycles. The van der Waals surface area contributed by atoms with Crippen LogP contribution >= 0.6 is 0 Å². The summed E-state index contributed by atoms with van der Waals surface area (Å²) in [5, 5.41) is 5.20. The van der Waals surface area contributed by atoms with Crippen LogP contribution in [0.2, 0.25) is 0 Å². The summed E-state index contributed by atoms with van der Waals surface area (Å²) < 4.78 is 17.0. The zero-order valence-electron chi connectivity index (χ0n) is 19.0. The molecule has 1 saturated heterocycles. The standard InChI is InChI=1S/C27H31NO4/c1-4-19(2)32-25-14-13-24(22-7-5-6-8-23(22)25)28-26(29)27(15-17-31-18-16-27)20-9-11-21(30-3)12-10-20/h5-14,19H,4,15-18H2,1-3H3,(H,28,29). The number of fused-ring (bicyclic) bond motifs is 1. The Morgan fingerprint density at radius 2 is 1.72 bits per heavy atom.